The summed E-state index contributed by atoms with van der Waals surface area (Å²) in [4.78, 5) is 33.9. The van der Waals surface area contributed by atoms with Gasteiger partial charge in [0.05, 0.1) is 17.4 Å². The van der Waals surface area contributed by atoms with Crippen LogP contribution in [0.2, 0.25) is 0 Å². The normalized spacial score (nSPS) is 11.0. The van der Waals surface area contributed by atoms with Gasteiger partial charge >= 0.3 is 0 Å². The van der Waals surface area contributed by atoms with E-state index in [0.29, 0.717) is 15.3 Å². The van der Waals surface area contributed by atoms with Crippen LogP contribution in [0.1, 0.15) is 5.56 Å². The minimum Gasteiger partial charge on any atom is -0.300 e. The molecule has 0 saturated heterocycles. The van der Waals surface area contributed by atoms with Gasteiger partial charge < -0.3 is 5.32 Å². The SMILES string of the molecule is Cc1ccc(-c2csc(NC(=O)Cn3cnc4sccc4c3=O)n2)cc1. The van der Waals surface area contributed by atoms with E-state index in [0.717, 1.165) is 11.3 Å². The van der Waals surface area contributed by atoms with Crippen LogP contribution in [0.3, 0.4) is 0 Å². The molecule has 4 rings (SSSR count). The van der Waals surface area contributed by atoms with Crippen molar-refractivity contribution in [2.24, 2.45) is 0 Å². The third kappa shape index (κ3) is 3.29. The lowest BCUT2D eigenvalue weighted by Gasteiger charge is -2.05. The number of carbonyl (C=O) groups is 1. The number of hydrogen-bond acceptors (Lipinski definition) is 6. The van der Waals surface area contributed by atoms with Crippen LogP contribution in [0.15, 0.2) is 52.2 Å². The molecular weight excluding hydrogens is 368 g/mol. The number of carbonyl (C=O) groups excluding carboxylic acids is 1. The molecule has 0 saturated carbocycles. The number of benzene rings is 1. The minimum atomic E-state index is -0.312. The van der Waals surface area contributed by atoms with Crippen molar-refractivity contribution < 1.29 is 4.79 Å². The molecular formula is C18H14N4O2S2. The summed E-state index contributed by atoms with van der Waals surface area (Å²) in [7, 11) is 0. The molecule has 0 unspecified atom stereocenters. The van der Waals surface area contributed by atoms with E-state index < -0.39 is 0 Å². The minimum absolute atomic E-state index is 0.100. The van der Waals surface area contributed by atoms with Crippen molar-refractivity contribution in [3.8, 4) is 11.3 Å². The number of amides is 1. The van der Waals surface area contributed by atoms with Crippen molar-refractivity contribution in [3.63, 3.8) is 0 Å². The molecule has 26 heavy (non-hydrogen) atoms. The van der Waals surface area contributed by atoms with E-state index >= 15 is 0 Å². The van der Waals surface area contributed by atoms with Gasteiger partial charge in [-0.3, -0.25) is 14.2 Å². The van der Waals surface area contributed by atoms with Gasteiger partial charge in [0, 0.05) is 10.9 Å². The molecule has 0 radical (unpaired) electrons. The number of hydrogen-bond donors (Lipinski definition) is 1. The molecule has 6 nitrogen and oxygen atoms in total. The van der Waals surface area contributed by atoms with E-state index in [4.69, 9.17) is 0 Å². The third-order valence-corrected chi connectivity index (χ3v) is 5.44. The van der Waals surface area contributed by atoms with Gasteiger partial charge in [-0.25, -0.2) is 9.97 Å². The maximum Gasteiger partial charge on any atom is 0.262 e. The van der Waals surface area contributed by atoms with Crippen molar-refractivity contribution in [1.82, 2.24) is 14.5 Å². The molecule has 8 heteroatoms. The number of fused-ring (bicyclic) bond motifs is 1. The molecule has 0 spiro atoms. The molecule has 0 aliphatic heterocycles. The molecule has 1 N–H and O–H groups in total. The average Bonchev–Trinajstić information content (AvgIpc) is 3.28. The highest BCUT2D eigenvalue weighted by molar-refractivity contribution is 7.16. The Balaban J connectivity index is 1.49. The average molecular weight is 382 g/mol. The summed E-state index contributed by atoms with van der Waals surface area (Å²) in [5.41, 5.74) is 2.77. The number of aryl methyl sites for hydroxylation is 1. The summed E-state index contributed by atoms with van der Waals surface area (Å²) in [6.07, 6.45) is 1.40. The number of thiophene rings is 1. The van der Waals surface area contributed by atoms with Crippen molar-refractivity contribution in [2.75, 3.05) is 5.32 Å². The topological polar surface area (TPSA) is 76.9 Å². The van der Waals surface area contributed by atoms with Crippen molar-refractivity contribution in [1.29, 1.82) is 0 Å². The number of anilines is 1. The fourth-order valence-electron chi connectivity index (χ4n) is 2.51. The van der Waals surface area contributed by atoms with E-state index in [-0.39, 0.29) is 18.0 Å². The first-order chi connectivity index (χ1) is 12.6. The van der Waals surface area contributed by atoms with E-state index in [9.17, 15) is 9.59 Å². The number of rotatable bonds is 4. The quantitative estimate of drug-likeness (QED) is 0.586. The zero-order valence-electron chi connectivity index (χ0n) is 13.8. The molecule has 1 aromatic carbocycles. The van der Waals surface area contributed by atoms with Crippen LogP contribution in [0.5, 0.6) is 0 Å². The first-order valence-corrected chi connectivity index (χ1v) is 9.61. The Hall–Kier alpha value is -2.84. The number of aromatic nitrogens is 3. The summed E-state index contributed by atoms with van der Waals surface area (Å²) in [6.45, 7) is 1.93. The van der Waals surface area contributed by atoms with Crippen LogP contribution in [-0.2, 0) is 11.3 Å². The largest absolute Gasteiger partial charge is 0.300 e. The molecule has 3 aromatic heterocycles. The molecule has 0 bridgehead atoms. The molecule has 0 aliphatic rings. The Kier molecular flexibility index (Phi) is 4.36. The van der Waals surface area contributed by atoms with Crippen LogP contribution in [-0.4, -0.2) is 20.4 Å². The zero-order chi connectivity index (χ0) is 18.1. The number of thiazole rings is 1. The second-order valence-electron chi connectivity index (χ2n) is 5.77. The highest BCUT2D eigenvalue weighted by atomic mass is 32.1. The van der Waals surface area contributed by atoms with Crippen molar-refractivity contribution >= 4 is 43.9 Å². The highest BCUT2D eigenvalue weighted by Crippen LogP contribution is 2.25. The maximum absolute atomic E-state index is 12.3. The van der Waals surface area contributed by atoms with Gasteiger partial charge in [0.15, 0.2) is 5.13 Å². The summed E-state index contributed by atoms with van der Waals surface area (Å²) < 4.78 is 1.30. The Morgan fingerprint density at radius 1 is 1.19 bits per heavy atom. The molecule has 1 amide bonds. The van der Waals surface area contributed by atoms with Crippen molar-refractivity contribution in [2.45, 2.75) is 13.5 Å². The van der Waals surface area contributed by atoms with Gasteiger partial charge in [-0.05, 0) is 18.4 Å². The van der Waals surface area contributed by atoms with Gasteiger partial charge in [0.25, 0.3) is 5.56 Å². The van der Waals surface area contributed by atoms with Crippen LogP contribution in [0, 0.1) is 6.92 Å². The number of nitrogens with one attached hydrogen (secondary N) is 1. The van der Waals surface area contributed by atoms with E-state index in [1.807, 2.05) is 41.9 Å². The molecule has 0 aliphatic carbocycles. The van der Waals surface area contributed by atoms with Crippen LogP contribution >= 0.6 is 22.7 Å². The predicted molar refractivity (Wildman–Crippen MR) is 105 cm³/mol. The summed E-state index contributed by atoms with van der Waals surface area (Å²) in [6, 6.07) is 9.76. The van der Waals surface area contributed by atoms with Crippen LogP contribution in [0.4, 0.5) is 5.13 Å². The Bertz CT molecular complexity index is 1140. The Morgan fingerprint density at radius 3 is 2.81 bits per heavy atom. The first-order valence-electron chi connectivity index (χ1n) is 7.85. The maximum atomic E-state index is 12.3. The molecule has 130 valence electrons. The van der Waals surface area contributed by atoms with Crippen molar-refractivity contribution in [3.05, 3.63) is 63.3 Å². The summed E-state index contributed by atoms with van der Waals surface area (Å²) >= 11 is 2.75. The number of nitrogens with zero attached hydrogens (tertiary/aromatic N) is 3. The molecule has 4 aromatic rings. The lowest BCUT2D eigenvalue weighted by atomic mass is 10.1. The predicted octanol–water partition coefficient (Wildman–Crippen LogP) is 3.53. The van der Waals surface area contributed by atoms with Gasteiger partial charge in [0.2, 0.25) is 5.91 Å². The third-order valence-electron chi connectivity index (χ3n) is 3.86. The molecule has 3 heterocycles. The van der Waals surface area contributed by atoms with Gasteiger partial charge in [-0.15, -0.1) is 22.7 Å². The fourth-order valence-corrected chi connectivity index (χ4v) is 3.97. The standard InChI is InChI=1S/C18H14N4O2S2/c1-11-2-4-12(5-3-11)14-9-26-18(20-14)21-15(23)8-22-10-19-16-13(17(22)24)6-7-25-16/h2-7,9-10H,8H2,1H3,(H,20,21,23). The fraction of sp³-hybridized carbons (Fsp3) is 0.111. The lowest BCUT2D eigenvalue weighted by Crippen LogP contribution is -2.27. The first kappa shape index (κ1) is 16.6. The Labute approximate surface area is 156 Å². The van der Waals surface area contributed by atoms with Gasteiger partial charge in [0.1, 0.15) is 11.4 Å². The highest BCUT2D eigenvalue weighted by Gasteiger charge is 2.11. The summed E-state index contributed by atoms with van der Waals surface area (Å²) in [5, 5.41) is 7.48. The second-order valence-corrected chi connectivity index (χ2v) is 7.52. The van der Waals surface area contributed by atoms with E-state index in [2.05, 4.69) is 15.3 Å². The van der Waals surface area contributed by atoms with Crippen LogP contribution < -0.4 is 10.9 Å². The summed E-state index contributed by atoms with van der Waals surface area (Å²) in [5.74, 6) is -0.312. The second kappa shape index (κ2) is 6.81. The zero-order valence-corrected chi connectivity index (χ0v) is 15.4. The molecule has 0 fully saturated rings. The smallest absolute Gasteiger partial charge is 0.262 e. The van der Waals surface area contributed by atoms with Gasteiger partial charge in [-0.1, -0.05) is 29.8 Å². The Morgan fingerprint density at radius 2 is 2.00 bits per heavy atom. The van der Waals surface area contributed by atoms with Crippen LogP contribution in [0.25, 0.3) is 21.5 Å². The lowest BCUT2D eigenvalue weighted by molar-refractivity contribution is -0.116. The monoisotopic (exact) mass is 382 g/mol. The van der Waals surface area contributed by atoms with E-state index in [1.165, 1.54) is 39.1 Å². The van der Waals surface area contributed by atoms with Gasteiger partial charge in [-0.2, -0.15) is 0 Å². The van der Waals surface area contributed by atoms with E-state index in [1.54, 1.807) is 6.07 Å². The molecule has 0 atom stereocenters.